The van der Waals surface area contributed by atoms with Gasteiger partial charge >= 0.3 is 0 Å². The van der Waals surface area contributed by atoms with E-state index in [0.29, 0.717) is 13.0 Å². The Balaban J connectivity index is 4.30. The van der Waals surface area contributed by atoms with Crippen LogP contribution in [0.1, 0.15) is 33.1 Å². The Labute approximate surface area is 103 Å². The van der Waals surface area contributed by atoms with Gasteiger partial charge in [0.05, 0.1) is 5.75 Å². The SMILES string of the molecule is CCC(CC)(CNS(=O)(=O)CCCO)SC. The van der Waals surface area contributed by atoms with Crippen LogP contribution in [-0.2, 0) is 10.0 Å². The first-order valence-corrected chi connectivity index (χ1v) is 8.46. The van der Waals surface area contributed by atoms with Gasteiger partial charge < -0.3 is 5.11 Å². The summed E-state index contributed by atoms with van der Waals surface area (Å²) in [6.45, 7) is 4.52. The average molecular weight is 269 g/mol. The first kappa shape index (κ1) is 16.2. The van der Waals surface area contributed by atoms with Crippen LogP contribution in [0.5, 0.6) is 0 Å². The van der Waals surface area contributed by atoms with Crippen molar-refractivity contribution in [1.29, 1.82) is 0 Å². The molecule has 0 fully saturated rings. The number of hydrogen-bond acceptors (Lipinski definition) is 4. The lowest BCUT2D eigenvalue weighted by molar-refractivity contribution is 0.295. The van der Waals surface area contributed by atoms with E-state index in [2.05, 4.69) is 18.6 Å². The third-order valence-electron chi connectivity index (χ3n) is 2.91. The van der Waals surface area contributed by atoms with Crippen LogP contribution in [0.4, 0.5) is 0 Å². The second-order valence-corrected chi connectivity index (χ2v) is 7.01. The third-order valence-corrected chi connectivity index (χ3v) is 5.91. The predicted molar refractivity (Wildman–Crippen MR) is 70.3 cm³/mol. The van der Waals surface area contributed by atoms with Gasteiger partial charge in [0.2, 0.25) is 10.0 Å². The molecule has 6 heteroatoms. The maximum Gasteiger partial charge on any atom is 0.211 e. The Morgan fingerprint density at radius 2 is 1.88 bits per heavy atom. The van der Waals surface area contributed by atoms with Crippen LogP contribution in [0.15, 0.2) is 0 Å². The molecule has 0 saturated heterocycles. The molecule has 4 nitrogen and oxygen atoms in total. The van der Waals surface area contributed by atoms with Gasteiger partial charge in [-0.15, -0.1) is 0 Å². The third kappa shape index (κ3) is 5.52. The van der Waals surface area contributed by atoms with Crippen LogP contribution in [0, 0.1) is 0 Å². The molecule has 0 aromatic carbocycles. The second-order valence-electron chi connectivity index (χ2n) is 3.81. The zero-order valence-corrected chi connectivity index (χ0v) is 12.0. The lowest BCUT2D eigenvalue weighted by atomic mass is 10.0. The lowest BCUT2D eigenvalue weighted by Gasteiger charge is -2.29. The van der Waals surface area contributed by atoms with Crippen molar-refractivity contribution in [2.24, 2.45) is 0 Å². The first-order valence-electron chi connectivity index (χ1n) is 5.58. The molecule has 0 saturated carbocycles. The predicted octanol–water partition coefficient (Wildman–Crippen LogP) is 1.21. The summed E-state index contributed by atoms with van der Waals surface area (Å²) < 4.78 is 25.7. The summed E-state index contributed by atoms with van der Waals surface area (Å²) in [4.78, 5) is 0. The van der Waals surface area contributed by atoms with Gasteiger partial charge in [-0.3, -0.25) is 0 Å². The van der Waals surface area contributed by atoms with Crippen molar-refractivity contribution in [2.45, 2.75) is 37.9 Å². The van der Waals surface area contributed by atoms with Crippen molar-refractivity contribution in [3.8, 4) is 0 Å². The van der Waals surface area contributed by atoms with Gasteiger partial charge in [0, 0.05) is 17.9 Å². The largest absolute Gasteiger partial charge is 0.396 e. The van der Waals surface area contributed by atoms with E-state index in [4.69, 9.17) is 5.11 Å². The molecule has 0 unspecified atom stereocenters. The zero-order chi connectivity index (χ0) is 12.7. The van der Waals surface area contributed by atoms with E-state index in [1.807, 2.05) is 6.26 Å². The highest BCUT2D eigenvalue weighted by molar-refractivity contribution is 8.00. The van der Waals surface area contributed by atoms with Crippen LogP contribution in [-0.4, -0.2) is 43.4 Å². The number of sulfonamides is 1. The molecule has 0 bridgehead atoms. The molecule has 0 aliphatic rings. The minimum Gasteiger partial charge on any atom is -0.396 e. The van der Waals surface area contributed by atoms with Gasteiger partial charge in [0.25, 0.3) is 0 Å². The summed E-state index contributed by atoms with van der Waals surface area (Å²) in [7, 11) is -3.23. The van der Waals surface area contributed by atoms with Crippen molar-refractivity contribution < 1.29 is 13.5 Å². The maximum atomic E-state index is 11.6. The Kier molecular flexibility index (Phi) is 7.63. The zero-order valence-electron chi connectivity index (χ0n) is 10.3. The molecule has 0 radical (unpaired) electrons. The number of hydrogen-bond donors (Lipinski definition) is 2. The van der Waals surface area contributed by atoms with Gasteiger partial charge in [0.1, 0.15) is 0 Å². The normalized spacial score (nSPS) is 13.0. The number of aliphatic hydroxyl groups excluding tert-OH is 1. The van der Waals surface area contributed by atoms with Gasteiger partial charge in [0.15, 0.2) is 0 Å². The number of thioether (sulfide) groups is 1. The lowest BCUT2D eigenvalue weighted by Crippen LogP contribution is -2.40. The molecule has 0 heterocycles. The molecule has 0 spiro atoms. The van der Waals surface area contributed by atoms with Gasteiger partial charge in [-0.25, -0.2) is 13.1 Å². The quantitative estimate of drug-likeness (QED) is 0.660. The van der Waals surface area contributed by atoms with Crippen LogP contribution in [0.3, 0.4) is 0 Å². The Bertz CT molecular complexity index is 266. The topological polar surface area (TPSA) is 66.4 Å². The van der Waals surface area contributed by atoms with E-state index in [9.17, 15) is 8.42 Å². The van der Waals surface area contributed by atoms with E-state index in [-0.39, 0.29) is 17.1 Å². The highest BCUT2D eigenvalue weighted by Crippen LogP contribution is 2.29. The standard InChI is InChI=1S/C10H23NO3S2/c1-4-10(5-2,15-3)9-11-16(13,14)8-6-7-12/h11-12H,4-9H2,1-3H3. The van der Waals surface area contributed by atoms with E-state index in [0.717, 1.165) is 12.8 Å². The van der Waals surface area contributed by atoms with Crippen LogP contribution in [0.25, 0.3) is 0 Å². The summed E-state index contributed by atoms with van der Waals surface area (Å²) in [5.41, 5.74) is 0. The number of rotatable bonds is 9. The summed E-state index contributed by atoms with van der Waals surface area (Å²) in [6.07, 6.45) is 4.18. The first-order chi connectivity index (χ1) is 7.45. The van der Waals surface area contributed by atoms with Crippen LogP contribution in [0.2, 0.25) is 0 Å². The molecule has 0 rings (SSSR count). The molecule has 0 aliphatic carbocycles. The molecule has 0 amide bonds. The minimum absolute atomic E-state index is 0.00138. The van der Waals surface area contributed by atoms with Crippen molar-refractivity contribution in [3.63, 3.8) is 0 Å². The number of aliphatic hydroxyl groups is 1. The Morgan fingerprint density at radius 1 is 1.31 bits per heavy atom. The molecule has 2 N–H and O–H groups in total. The van der Waals surface area contributed by atoms with Gasteiger partial charge in [-0.05, 0) is 25.5 Å². The molecular weight excluding hydrogens is 246 g/mol. The fourth-order valence-corrected chi connectivity index (χ4v) is 3.46. The van der Waals surface area contributed by atoms with Gasteiger partial charge in [-0.2, -0.15) is 11.8 Å². The van der Waals surface area contributed by atoms with Crippen molar-refractivity contribution in [3.05, 3.63) is 0 Å². The van der Waals surface area contributed by atoms with Crippen LogP contribution < -0.4 is 4.72 Å². The Hall–Kier alpha value is 0.220. The van der Waals surface area contributed by atoms with E-state index >= 15 is 0 Å². The summed E-state index contributed by atoms with van der Waals surface area (Å²) in [6, 6.07) is 0. The van der Waals surface area contributed by atoms with E-state index < -0.39 is 10.0 Å². The Morgan fingerprint density at radius 3 is 2.25 bits per heavy atom. The van der Waals surface area contributed by atoms with Crippen molar-refractivity contribution in [1.82, 2.24) is 4.72 Å². The second kappa shape index (κ2) is 7.53. The van der Waals surface area contributed by atoms with Crippen LogP contribution >= 0.6 is 11.8 Å². The minimum atomic E-state index is -3.23. The highest BCUT2D eigenvalue weighted by atomic mass is 32.2. The molecule has 0 aliphatic heterocycles. The molecule has 98 valence electrons. The molecular formula is C10H23NO3S2. The van der Waals surface area contributed by atoms with E-state index in [1.165, 1.54) is 0 Å². The van der Waals surface area contributed by atoms with Crippen molar-refractivity contribution >= 4 is 21.8 Å². The summed E-state index contributed by atoms with van der Waals surface area (Å²) in [5.74, 6) is 0.00138. The van der Waals surface area contributed by atoms with Gasteiger partial charge in [-0.1, -0.05) is 13.8 Å². The summed E-state index contributed by atoms with van der Waals surface area (Å²) in [5, 5.41) is 8.60. The monoisotopic (exact) mass is 269 g/mol. The van der Waals surface area contributed by atoms with E-state index in [1.54, 1.807) is 11.8 Å². The fraction of sp³-hybridized carbons (Fsp3) is 1.00. The smallest absolute Gasteiger partial charge is 0.211 e. The maximum absolute atomic E-state index is 11.6. The average Bonchev–Trinajstić information content (AvgIpc) is 2.29. The molecule has 0 aromatic heterocycles. The highest BCUT2D eigenvalue weighted by Gasteiger charge is 2.26. The molecule has 0 atom stereocenters. The molecule has 0 aromatic rings. The molecule has 16 heavy (non-hydrogen) atoms. The summed E-state index contributed by atoms with van der Waals surface area (Å²) >= 11 is 1.71. The fourth-order valence-electron chi connectivity index (χ4n) is 1.43. The van der Waals surface area contributed by atoms with Crippen molar-refractivity contribution in [2.75, 3.05) is 25.2 Å². The number of nitrogens with one attached hydrogen (secondary N) is 1.